The van der Waals surface area contributed by atoms with Gasteiger partial charge in [-0.2, -0.15) is 4.57 Å². The summed E-state index contributed by atoms with van der Waals surface area (Å²) in [5.41, 5.74) is 2.18. The molecule has 0 amide bonds. The zero-order valence-corrected chi connectivity index (χ0v) is 14.8. The first kappa shape index (κ1) is 15.9. The molecule has 0 N–H and O–H groups in total. The van der Waals surface area contributed by atoms with Crippen molar-refractivity contribution >= 4 is 21.5 Å². The lowest BCUT2D eigenvalue weighted by Gasteiger charge is -2.11. The minimum Gasteiger partial charge on any atom is -1.00 e. The van der Waals surface area contributed by atoms with Gasteiger partial charge >= 0.3 is 5.95 Å². The third kappa shape index (κ3) is 2.70. The zero-order valence-electron chi connectivity index (χ0n) is 12.6. The van der Waals surface area contributed by atoms with Gasteiger partial charge in [0.1, 0.15) is 7.05 Å². The SMILES string of the molecule is C[n+]1cc(-c2c3ccccc3cc3ccccc23)ccc1F.[I-]. The lowest BCUT2D eigenvalue weighted by molar-refractivity contribution is -0.699. The molecule has 1 nitrogen and oxygen atoms in total. The molecule has 0 unspecified atom stereocenters. The summed E-state index contributed by atoms with van der Waals surface area (Å²) < 4.78 is 15.1. The van der Waals surface area contributed by atoms with Crippen molar-refractivity contribution in [2.45, 2.75) is 0 Å². The van der Waals surface area contributed by atoms with E-state index in [-0.39, 0.29) is 29.9 Å². The molecule has 3 aromatic carbocycles. The second-order valence-electron chi connectivity index (χ2n) is 5.55. The summed E-state index contributed by atoms with van der Waals surface area (Å²) in [5.74, 6) is -0.242. The van der Waals surface area contributed by atoms with Crippen LogP contribution in [-0.2, 0) is 7.05 Å². The quantitative estimate of drug-likeness (QED) is 0.193. The number of hydrogen-bond acceptors (Lipinski definition) is 0. The van der Waals surface area contributed by atoms with E-state index in [4.69, 9.17) is 0 Å². The van der Waals surface area contributed by atoms with E-state index in [0.29, 0.717) is 0 Å². The van der Waals surface area contributed by atoms with Gasteiger partial charge in [0.2, 0.25) is 0 Å². The van der Waals surface area contributed by atoms with Crippen LogP contribution in [-0.4, -0.2) is 0 Å². The van der Waals surface area contributed by atoms with Crippen LogP contribution >= 0.6 is 0 Å². The number of benzene rings is 3. The highest BCUT2D eigenvalue weighted by atomic mass is 127. The molecule has 0 saturated carbocycles. The van der Waals surface area contributed by atoms with E-state index in [1.54, 1.807) is 7.05 Å². The van der Waals surface area contributed by atoms with E-state index in [1.165, 1.54) is 32.2 Å². The van der Waals surface area contributed by atoms with E-state index >= 15 is 0 Å². The fraction of sp³-hybridized carbons (Fsp3) is 0.0500. The molecule has 0 fully saturated rings. The Hall–Kier alpha value is -2.01. The molecular weight excluding hydrogens is 400 g/mol. The molecule has 0 radical (unpaired) electrons. The first-order valence-electron chi connectivity index (χ1n) is 7.30. The van der Waals surface area contributed by atoms with Gasteiger partial charge in [0.15, 0.2) is 6.20 Å². The maximum Gasteiger partial charge on any atom is 0.359 e. The summed E-state index contributed by atoms with van der Waals surface area (Å²) in [5, 5.41) is 4.77. The Morgan fingerprint density at radius 1 is 0.783 bits per heavy atom. The maximum absolute atomic E-state index is 13.6. The molecule has 1 heterocycles. The van der Waals surface area contributed by atoms with Gasteiger partial charge in [-0.1, -0.05) is 48.5 Å². The minimum absolute atomic E-state index is 0. The fourth-order valence-corrected chi connectivity index (χ4v) is 3.06. The van der Waals surface area contributed by atoms with Crippen molar-refractivity contribution in [2.75, 3.05) is 0 Å². The number of aryl methyl sites for hydroxylation is 1. The van der Waals surface area contributed by atoms with Crippen LogP contribution < -0.4 is 28.5 Å². The number of hydrogen-bond donors (Lipinski definition) is 0. The van der Waals surface area contributed by atoms with Crippen molar-refractivity contribution in [1.82, 2.24) is 0 Å². The van der Waals surface area contributed by atoms with Gasteiger partial charge in [-0.3, -0.25) is 0 Å². The van der Waals surface area contributed by atoms with Gasteiger partial charge in [0, 0.05) is 17.2 Å². The zero-order chi connectivity index (χ0) is 15.1. The predicted octanol–water partition coefficient (Wildman–Crippen LogP) is 1.63. The molecule has 0 saturated heterocycles. The predicted molar refractivity (Wildman–Crippen MR) is 88.0 cm³/mol. The molecule has 4 aromatic rings. The Morgan fingerprint density at radius 2 is 1.35 bits per heavy atom. The molecule has 0 bridgehead atoms. The summed E-state index contributed by atoms with van der Waals surface area (Å²) >= 11 is 0. The highest BCUT2D eigenvalue weighted by Crippen LogP contribution is 2.35. The Labute approximate surface area is 151 Å². The lowest BCUT2D eigenvalue weighted by Crippen LogP contribution is -3.00. The van der Waals surface area contributed by atoms with Gasteiger partial charge in [0.25, 0.3) is 0 Å². The van der Waals surface area contributed by atoms with Crippen LogP contribution in [0.5, 0.6) is 0 Å². The average molecular weight is 415 g/mol. The highest BCUT2D eigenvalue weighted by Gasteiger charge is 2.13. The highest BCUT2D eigenvalue weighted by molar-refractivity contribution is 6.12. The molecule has 0 aliphatic carbocycles. The number of halogens is 2. The molecule has 0 aliphatic heterocycles. The van der Waals surface area contributed by atoms with Crippen LogP contribution in [0.15, 0.2) is 72.9 Å². The van der Waals surface area contributed by atoms with E-state index in [9.17, 15) is 4.39 Å². The number of pyridine rings is 1. The van der Waals surface area contributed by atoms with E-state index in [1.807, 2.05) is 36.5 Å². The molecular formula is C20H15FIN. The monoisotopic (exact) mass is 415 g/mol. The number of rotatable bonds is 1. The van der Waals surface area contributed by atoms with Gasteiger partial charge in [0.05, 0.1) is 0 Å². The maximum atomic E-state index is 13.6. The number of fused-ring (bicyclic) bond motifs is 2. The van der Waals surface area contributed by atoms with Crippen molar-refractivity contribution in [1.29, 1.82) is 0 Å². The van der Waals surface area contributed by atoms with Crippen molar-refractivity contribution in [3.8, 4) is 11.1 Å². The molecule has 3 heteroatoms. The van der Waals surface area contributed by atoms with Crippen molar-refractivity contribution in [2.24, 2.45) is 7.05 Å². The first-order valence-corrected chi connectivity index (χ1v) is 7.30. The largest absolute Gasteiger partial charge is 1.00 e. The minimum atomic E-state index is -0.242. The summed E-state index contributed by atoms with van der Waals surface area (Å²) in [4.78, 5) is 0. The van der Waals surface area contributed by atoms with Crippen LogP contribution in [0.3, 0.4) is 0 Å². The molecule has 0 spiro atoms. The van der Waals surface area contributed by atoms with Crippen LogP contribution in [0.2, 0.25) is 0 Å². The lowest BCUT2D eigenvalue weighted by atomic mass is 9.93. The molecule has 23 heavy (non-hydrogen) atoms. The summed E-state index contributed by atoms with van der Waals surface area (Å²) in [7, 11) is 1.73. The normalized spacial score (nSPS) is 10.7. The molecule has 0 aliphatic rings. The summed E-state index contributed by atoms with van der Waals surface area (Å²) in [6.45, 7) is 0. The van der Waals surface area contributed by atoms with Crippen molar-refractivity contribution < 1.29 is 32.9 Å². The first-order chi connectivity index (χ1) is 10.7. The van der Waals surface area contributed by atoms with Crippen LogP contribution in [0.4, 0.5) is 4.39 Å². The fourth-order valence-electron chi connectivity index (χ4n) is 3.06. The number of aromatic nitrogens is 1. The molecule has 114 valence electrons. The molecule has 0 atom stereocenters. The van der Waals surface area contributed by atoms with Crippen LogP contribution in [0, 0.1) is 5.95 Å². The van der Waals surface area contributed by atoms with Crippen LogP contribution in [0.25, 0.3) is 32.7 Å². The van der Waals surface area contributed by atoms with Gasteiger partial charge in [-0.05, 0) is 33.7 Å². The summed E-state index contributed by atoms with van der Waals surface area (Å²) in [6, 6.07) is 22.3. The van der Waals surface area contributed by atoms with Crippen molar-refractivity contribution in [3.05, 3.63) is 78.9 Å². The third-order valence-corrected chi connectivity index (χ3v) is 4.13. The molecule has 4 rings (SSSR count). The van der Waals surface area contributed by atoms with Gasteiger partial charge in [-0.25, -0.2) is 0 Å². The Kier molecular flexibility index (Phi) is 4.31. The van der Waals surface area contributed by atoms with Crippen molar-refractivity contribution in [3.63, 3.8) is 0 Å². The second kappa shape index (κ2) is 6.24. The third-order valence-electron chi connectivity index (χ3n) is 4.13. The Bertz CT molecular complexity index is 957. The van der Waals surface area contributed by atoms with Crippen LogP contribution in [0.1, 0.15) is 0 Å². The van der Waals surface area contributed by atoms with E-state index < -0.39 is 0 Å². The summed E-state index contributed by atoms with van der Waals surface area (Å²) in [6.07, 6.45) is 1.85. The second-order valence-corrected chi connectivity index (χ2v) is 5.55. The molecule has 1 aromatic heterocycles. The average Bonchev–Trinajstić information content (AvgIpc) is 2.55. The van der Waals surface area contributed by atoms with E-state index in [2.05, 4.69) is 30.3 Å². The Balaban J connectivity index is 0.00000156. The smallest absolute Gasteiger partial charge is 0.359 e. The Morgan fingerprint density at radius 3 is 1.91 bits per heavy atom. The van der Waals surface area contributed by atoms with Gasteiger partial charge in [-0.15, -0.1) is 4.39 Å². The standard InChI is InChI=1S/C20H15FN.HI/c1-22-13-16(10-11-19(22)21)20-17-8-4-2-6-14(17)12-15-7-3-5-9-18(15)20;/h2-13H,1H3;1H/q+1;/p-1. The number of nitrogens with zero attached hydrogens (tertiary/aromatic N) is 1. The van der Waals surface area contributed by atoms with E-state index in [0.717, 1.165) is 11.1 Å². The van der Waals surface area contributed by atoms with Gasteiger partial charge < -0.3 is 24.0 Å². The topological polar surface area (TPSA) is 3.88 Å².